The molecule has 0 heterocycles. The Morgan fingerprint density at radius 3 is 2.68 bits per heavy atom. The van der Waals surface area contributed by atoms with Gasteiger partial charge in [-0.2, -0.15) is 0 Å². The maximum atomic E-state index is 11.6. The summed E-state index contributed by atoms with van der Waals surface area (Å²) >= 11 is 6.01. The summed E-state index contributed by atoms with van der Waals surface area (Å²) in [7, 11) is 0. The Balaban J connectivity index is 1.46. The number of hydrogen-bond donors (Lipinski definition) is 2. The summed E-state index contributed by atoms with van der Waals surface area (Å²) in [5, 5.41) is 7.13. The predicted molar refractivity (Wildman–Crippen MR) is 99.8 cm³/mol. The second-order valence-electron chi connectivity index (χ2n) is 6.43. The van der Waals surface area contributed by atoms with E-state index in [4.69, 9.17) is 16.3 Å². The molecule has 0 bridgehead atoms. The van der Waals surface area contributed by atoms with Crippen LogP contribution in [0.3, 0.4) is 0 Å². The van der Waals surface area contributed by atoms with Crippen molar-refractivity contribution in [1.82, 2.24) is 10.6 Å². The number of ether oxygens (including phenoxy) is 1. The average Bonchev–Trinajstić information content (AvgIpc) is 3.42. The lowest BCUT2D eigenvalue weighted by atomic mass is 10.1. The zero-order valence-electron chi connectivity index (χ0n) is 14.3. The quantitative estimate of drug-likeness (QED) is 0.753. The highest BCUT2D eigenvalue weighted by Gasteiger charge is 2.23. The third-order valence-electron chi connectivity index (χ3n) is 4.19. The number of carbonyl (C=O) groups excluding carboxylic acids is 1. The molecule has 1 atom stereocenters. The fourth-order valence-electron chi connectivity index (χ4n) is 2.53. The molecule has 0 spiro atoms. The third kappa shape index (κ3) is 5.76. The van der Waals surface area contributed by atoms with E-state index in [1.807, 2.05) is 42.5 Å². The Bertz CT molecular complexity index is 714. The highest BCUT2D eigenvalue weighted by molar-refractivity contribution is 6.30. The fourth-order valence-corrected chi connectivity index (χ4v) is 2.75. The molecular formula is C20H23ClN2O2. The van der Waals surface area contributed by atoms with Gasteiger partial charge < -0.3 is 15.4 Å². The molecular weight excluding hydrogens is 336 g/mol. The second kappa shape index (κ2) is 8.37. The van der Waals surface area contributed by atoms with Gasteiger partial charge in [0.1, 0.15) is 5.75 Å². The number of nitrogens with one attached hydrogen (secondary N) is 2. The molecule has 132 valence electrons. The first kappa shape index (κ1) is 17.8. The monoisotopic (exact) mass is 358 g/mol. The maximum absolute atomic E-state index is 11.6. The molecule has 1 fully saturated rings. The topological polar surface area (TPSA) is 50.4 Å². The molecule has 4 nitrogen and oxygen atoms in total. The van der Waals surface area contributed by atoms with E-state index in [1.54, 1.807) is 0 Å². The van der Waals surface area contributed by atoms with E-state index >= 15 is 0 Å². The summed E-state index contributed by atoms with van der Waals surface area (Å²) in [6, 6.07) is 16.2. The molecule has 25 heavy (non-hydrogen) atoms. The molecule has 1 aliphatic rings. The Kier molecular flexibility index (Phi) is 5.95. The zero-order valence-corrected chi connectivity index (χ0v) is 15.1. The molecule has 0 radical (unpaired) electrons. The van der Waals surface area contributed by atoms with Gasteiger partial charge in [0.25, 0.3) is 5.91 Å². The minimum atomic E-state index is -0.0527. The number of amides is 1. The second-order valence-corrected chi connectivity index (χ2v) is 6.87. The molecule has 1 saturated carbocycles. The van der Waals surface area contributed by atoms with Crippen molar-refractivity contribution in [3.63, 3.8) is 0 Å². The van der Waals surface area contributed by atoms with E-state index in [0.717, 1.165) is 35.5 Å². The number of hydrogen-bond acceptors (Lipinski definition) is 3. The molecule has 5 heteroatoms. The molecule has 2 aromatic carbocycles. The van der Waals surface area contributed by atoms with Crippen molar-refractivity contribution in [3.05, 3.63) is 64.7 Å². The number of benzene rings is 2. The summed E-state index contributed by atoms with van der Waals surface area (Å²) in [6.45, 7) is 2.93. The fraction of sp³-hybridized carbons (Fsp3) is 0.350. The van der Waals surface area contributed by atoms with Gasteiger partial charge in [0.15, 0.2) is 6.61 Å². The Labute approximate surface area is 153 Å². The molecule has 3 rings (SSSR count). The Morgan fingerprint density at radius 1 is 1.24 bits per heavy atom. The highest BCUT2D eigenvalue weighted by Crippen LogP contribution is 2.20. The van der Waals surface area contributed by atoms with Crippen molar-refractivity contribution >= 4 is 17.5 Å². The van der Waals surface area contributed by atoms with Gasteiger partial charge in [-0.15, -0.1) is 0 Å². The van der Waals surface area contributed by atoms with Gasteiger partial charge in [0.05, 0.1) is 0 Å². The van der Waals surface area contributed by atoms with Crippen LogP contribution in [0.5, 0.6) is 5.75 Å². The molecule has 2 aromatic rings. The Morgan fingerprint density at radius 2 is 2.00 bits per heavy atom. The van der Waals surface area contributed by atoms with Crippen molar-refractivity contribution in [2.24, 2.45) is 0 Å². The molecule has 0 aromatic heterocycles. The number of carbonyl (C=O) groups is 1. The summed E-state index contributed by atoms with van der Waals surface area (Å²) in [4.78, 5) is 11.6. The van der Waals surface area contributed by atoms with E-state index in [-0.39, 0.29) is 18.6 Å². The van der Waals surface area contributed by atoms with Gasteiger partial charge in [-0.1, -0.05) is 35.9 Å². The zero-order chi connectivity index (χ0) is 17.6. The van der Waals surface area contributed by atoms with Gasteiger partial charge in [-0.05, 0) is 55.2 Å². The lowest BCUT2D eigenvalue weighted by Gasteiger charge is -2.15. The van der Waals surface area contributed by atoms with Crippen LogP contribution in [-0.2, 0) is 11.3 Å². The molecule has 2 N–H and O–H groups in total. The molecule has 0 saturated heterocycles. The number of rotatable bonds is 8. The summed E-state index contributed by atoms with van der Waals surface area (Å²) < 4.78 is 5.53. The van der Waals surface area contributed by atoms with Crippen LogP contribution < -0.4 is 15.4 Å². The first-order chi connectivity index (χ1) is 12.1. The third-order valence-corrected chi connectivity index (χ3v) is 4.43. The molecule has 0 unspecified atom stereocenters. The van der Waals surface area contributed by atoms with Crippen LogP contribution >= 0.6 is 11.6 Å². The SMILES string of the molecule is C[C@@H](NCc1cccc(Cl)c1)c1ccc(OCC(=O)NC2CC2)cc1. The van der Waals surface area contributed by atoms with Gasteiger partial charge in [-0.3, -0.25) is 4.79 Å². The van der Waals surface area contributed by atoms with Gasteiger partial charge >= 0.3 is 0 Å². The average molecular weight is 359 g/mol. The minimum Gasteiger partial charge on any atom is -0.484 e. The summed E-state index contributed by atoms with van der Waals surface area (Å²) in [5.74, 6) is 0.653. The largest absolute Gasteiger partial charge is 0.484 e. The lowest BCUT2D eigenvalue weighted by molar-refractivity contribution is -0.123. The van der Waals surface area contributed by atoms with Crippen LogP contribution in [0.15, 0.2) is 48.5 Å². The van der Waals surface area contributed by atoms with Crippen molar-refractivity contribution in [1.29, 1.82) is 0 Å². The van der Waals surface area contributed by atoms with Gasteiger partial charge in [-0.25, -0.2) is 0 Å². The van der Waals surface area contributed by atoms with E-state index in [0.29, 0.717) is 11.8 Å². The summed E-state index contributed by atoms with van der Waals surface area (Å²) in [5.41, 5.74) is 2.32. The van der Waals surface area contributed by atoms with Gasteiger partial charge in [0, 0.05) is 23.7 Å². The summed E-state index contributed by atoms with van der Waals surface area (Å²) in [6.07, 6.45) is 2.17. The van der Waals surface area contributed by atoms with Crippen molar-refractivity contribution in [2.75, 3.05) is 6.61 Å². The van der Waals surface area contributed by atoms with Crippen molar-refractivity contribution < 1.29 is 9.53 Å². The van der Waals surface area contributed by atoms with E-state index in [9.17, 15) is 4.79 Å². The molecule has 1 amide bonds. The first-order valence-electron chi connectivity index (χ1n) is 8.60. The van der Waals surface area contributed by atoms with Crippen LogP contribution in [0.4, 0.5) is 0 Å². The molecule has 0 aliphatic heterocycles. The normalized spacial score (nSPS) is 14.8. The van der Waals surface area contributed by atoms with Crippen molar-refractivity contribution in [2.45, 2.75) is 38.4 Å². The lowest BCUT2D eigenvalue weighted by Crippen LogP contribution is -2.30. The van der Waals surface area contributed by atoms with Crippen LogP contribution in [0, 0.1) is 0 Å². The van der Waals surface area contributed by atoms with Crippen LogP contribution in [0.2, 0.25) is 5.02 Å². The smallest absolute Gasteiger partial charge is 0.258 e. The molecule has 1 aliphatic carbocycles. The minimum absolute atomic E-state index is 0.0527. The first-order valence-corrected chi connectivity index (χ1v) is 8.98. The van der Waals surface area contributed by atoms with Crippen LogP contribution in [0.25, 0.3) is 0 Å². The van der Waals surface area contributed by atoms with E-state index in [1.165, 1.54) is 0 Å². The van der Waals surface area contributed by atoms with Crippen LogP contribution in [-0.4, -0.2) is 18.6 Å². The van der Waals surface area contributed by atoms with Crippen LogP contribution in [0.1, 0.15) is 36.9 Å². The van der Waals surface area contributed by atoms with Gasteiger partial charge in [0.2, 0.25) is 0 Å². The maximum Gasteiger partial charge on any atom is 0.258 e. The van der Waals surface area contributed by atoms with E-state index < -0.39 is 0 Å². The predicted octanol–water partition coefficient (Wildman–Crippen LogP) is 3.85. The highest BCUT2D eigenvalue weighted by atomic mass is 35.5. The van der Waals surface area contributed by atoms with Crippen molar-refractivity contribution in [3.8, 4) is 5.75 Å². The Hall–Kier alpha value is -2.04. The van der Waals surface area contributed by atoms with E-state index in [2.05, 4.69) is 23.6 Å². The number of halogens is 1. The standard InChI is InChI=1S/C20H23ClN2O2/c1-14(22-12-15-3-2-4-17(21)11-15)16-5-9-19(10-6-16)25-13-20(24)23-18-7-8-18/h2-6,9-11,14,18,22H,7-8,12-13H2,1H3,(H,23,24)/t14-/m1/s1.